The smallest absolute Gasteiger partial charge is 0.321 e. The van der Waals surface area contributed by atoms with E-state index in [9.17, 15) is 4.79 Å². The minimum absolute atomic E-state index is 0.256. The number of aliphatic imine (C=N–C) groups is 1. The Kier molecular flexibility index (Phi) is 2.11. The molecule has 3 nitrogen and oxygen atoms in total. The molecule has 2 rings (SSSR count). The summed E-state index contributed by atoms with van der Waals surface area (Å²) in [6.45, 7) is 3.71. The van der Waals surface area contributed by atoms with Gasteiger partial charge in [0.25, 0.3) is 0 Å². The Morgan fingerprint density at radius 1 is 1.40 bits per heavy atom. The van der Waals surface area contributed by atoms with E-state index in [1.165, 1.54) is 7.11 Å². The van der Waals surface area contributed by atoms with Gasteiger partial charge in [-0.2, -0.15) is 0 Å². The number of methoxy groups -OCH3 is 1. The molecule has 0 bridgehead atoms. The molecule has 78 valence electrons. The Labute approximate surface area is 88.8 Å². The summed E-state index contributed by atoms with van der Waals surface area (Å²) in [5, 5.41) is 0. The third-order valence-corrected chi connectivity index (χ3v) is 3.05. The van der Waals surface area contributed by atoms with Crippen molar-refractivity contribution in [2.75, 3.05) is 7.11 Å². The monoisotopic (exact) mass is 203 g/mol. The largest absolute Gasteiger partial charge is 0.468 e. The molecule has 0 amide bonds. The van der Waals surface area contributed by atoms with Crippen molar-refractivity contribution in [3.05, 3.63) is 29.8 Å². The molecule has 0 aliphatic carbocycles. The van der Waals surface area contributed by atoms with Gasteiger partial charge < -0.3 is 4.74 Å². The molecular weight excluding hydrogens is 190 g/mol. The van der Waals surface area contributed by atoms with Crippen LogP contribution in [-0.4, -0.2) is 18.8 Å². The van der Waals surface area contributed by atoms with Crippen LogP contribution in [0.3, 0.4) is 0 Å². The molecule has 0 radical (unpaired) electrons. The summed E-state index contributed by atoms with van der Waals surface area (Å²) < 4.78 is 4.84. The fourth-order valence-corrected chi connectivity index (χ4v) is 1.94. The zero-order valence-corrected chi connectivity index (χ0v) is 9.07. The number of rotatable bonds is 1. The minimum Gasteiger partial charge on any atom is -0.468 e. The molecule has 15 heavy (non-hydrogen) atoms. The highest BCUT2D eigenvalue weighted by Crippen LogP contribution is 2.40. The molecule has 1 atom stereocenters. The van der Waals surface area contributed by atoms with Gasteiger partial charge in [0, 0.05) is 11.3 Å². The van der Waals surface area contributed by atoms with Crippen LogP contribution in [-0.2, 0) is 14.9 Å². The normalized spacial score (nSPS) is 23.3. The topological polar surface area (TPSA) is 38.7 Å². The zero-order chi connectivity index (χ0) is 11.1. The molecule has 1 aliphatic rings. The highest BCUT2D eigenvalue weighted by atomic mass is 16.5. The average Bonchev–Trinajstić information content (AvgIpc) is 2.52. The van der Waals surface area contributed by atoms with E-state index in [0.29, 0.717) is 0 Å². The van der Waals surface area contributed by atoms with Crippen molar-refractivity contribution >= 4 is 17.4 Å². The number of hydrogen-bond donors (Lipinski definition) is 0. The lowest BCUT2D eigenvalue weighted by atomic mass is 9.80. The van der Waals surface area contributed by atoms with Gasteiger partial charge in [-0.1, -0.05) is 18.2 Å². The van der Waals surface area contributed by atoms with Crippen LogP contribution in [0.2, 0.25) is 0 Å². The molecule has 1 aromatic carbocycles. The molecule has 0 aromatic heterocycles. The fourth-order valence-electron chi connectivity index (χ4n) is 1.94. The summed E-state index contributed by atoms with van der Waals surface area (Å²) >= 11 is 0. The lowest BCUT2D eigenvalue weighted by Crippen LogP contribution is -2.38. The molecule has 3 heteroatoms. The average molecular weight is 203 g/mol. The first-order valence-electron chi connectivity index (χ1n) is 4.84. The van der Waals surface area contributed by atoms with Gasteiger partial charge in [-0.3, -0.25) is 9.79 Å². The Hall–Kier alpha value is -1.64. The van der Waals surface area contributed by atoms with Gasteiger partial charge in [0.1, 0.15) is 5.41 Å². The fraction of sp³-hybridized carbons (Fsp3) is 0.333. The number of fused-ring (bicyclic) bond motifs is 1. The third kappa shape index (κ3) is 1.19. The second kappa shape index (κ2) is 3.19. The summed E-state index contributed by atoms with van der Waals surface area (Å²) in [6, 6.07) is 7.66. The highest BCUT2D eigenvalue weighted by Gasteiger charge is 2.44. The number of carbonyl (C=O) groups is 1. The SMILES string of the molecule is COC(=O)[C@@]1(C)C(C)=Nc2ccccc21. The van der Waals surface area contributed by atoms with Gasteiger partial charge in [-0.05, 0) is 19.9 Å². The number of ether oxygens (including phenoxy) is 1. The number of carbonyl (C=O) groups excluding carboxylic acids is 1. The molecule has 1 aliphatic heterocycles. The summed E-state index contributed by atoms with van der Waals surface area (Å²) in [4.78, 5) is 16.2. The lowest BCUT2D eigenvalue weighted by molar-refractivity contribution is -0.144. The molecule has 0 unspecified atom stereocenters. The molecule has 0 saturated heterocycles. The number of nitrogens with zero attached hydrogens (tertiary/aromatic N) is 1. The van der Waals surface area contributed by atoms with Crippen molar-refractivity contribution < 1.29 is 9.53 Å². The Bertz CT molecular complexity index is 451. The summed E-state index contributed by atoms with van der Waals surface area (Å²) in [6.07, 6.45) is 0. The lowest BCUT2D eigenvalue weighted by Gasteiger charge is -2.22. The first kappa shape index (κ1) is 9.90. The maximum Gasteiger partial charge on any atom is 0.321 e. The first-order valence-corrected chi connectivity index (χ1v) is 4.84. The van der Waals surface area contributed by atoms with E-state index < -0.39 is 5.41 Å². The Balaban J connectivity index is 2.61. The predicted octanol–water partition coefficient (Wildman–Crippen LogP) is 2.22. The van der Waals surface area contributed by atoms with Crippen molar-refractivity contribution in [2.45, 2.75) is 19.3 Å². The Morgan fingerprint density at radius 3 is 2.73 bits per heavy atom. The second-order valence-corrected chi connectivity index (χ2v) is 3.83. The highest BCUT2D eigenvalue weighted by molar-refractivity contribution is 6.15. The van der Waals surface area contributed by atoms with Crippen LogP contribution in [0.25, 0.3) is 0 Å². The molecular formula is C12H13NO2. The second-order valence-electron chi connectivity index (χ2n) is 3.83. The van der Waals surface area contributed by atoms with Gasteiger partial charge in [-0.15, -0.1) is 0 Å². The van der Waals surface area contributed by atoms with Crippen molar-refractivity contribution in [1.82, 2.24) is 0 Å². The van der Waals surface area contributed by atoms with Crippen molar-refractivity contribution in [2.24, 2.45) is 4.99 Å². The third-order valence-electron chi connectivity index (χ3n) is 3.05. The number of para-hydroxylation sites is 1. The van der Waals surface area contributed by atoms with Gasteiger partial charge in [0.2, 0.25) is 0 Å². The maximum absolute atomic E-state index is 11.8. The van der Waals surface area contributed by atoms with Crippen molar-refractivity contribution in [3.8, 4) is 0 Å². The number of esters is 1. The van der Waals surface area contributed by atoms with Crippen LogP contribution in [0.4, 0.5) is 5.69 Å². The number of hydrogen-bond acceptors (Lipinski definition) is 3. The summed E-state index contributed by atoms with van der Waals surface area (Å²) in [5.74, 6) is -0.256. The van der Waals surface area contributed by atoms with E-state index in [0.717, 1.165) is 17.0 Å². The number of benzene rings is 1. The van der Waals surface area contributed by atoms with E-state index in [4.69, 9.17) is 4.74 Å². The predicted molar refractivity (Wildman–Crippen MR) is 58.6 cm³/mol. The van der Waals surface area contributed by atoms with Crippen molar-refractivity contribution in [3.63, 3.8) is 0 Å². The van der Waals surface area contributed by atoms with E-state index in [-0.39, 0.29) is 5.97 Å². The van der Waals surface area contributed by atoms with E-state index >= 15 is 0 Å². The molecule has 0 fully saturated rings. The van der Waals surface area contributed by atoms with E-state index in [1.54, 1.807) is 0 Å². The van der Waals surface area contributed by atoms with Crippen LogP contribution in [0.5, 0.6) is 0 Å². The quantitative estimate of drug-likeness (QED) is 0.656. The standard InChI is InChI=1S/C12H13NO2/c1-8-12(2,11(14)15-3)9-6-4-5-7-10(9)13-8/h4-7H,1-3H3/t12-/m0/s1. The molecule has 0 N–H and O–H groups in total. The first-order chi connectivity index (χ1) is 7.10. The molecule has 0 saturated carbocycles. The van der Waals surface area contributed by atoms with Crippen LogP contribution in [0.15, 0.2) is 29.3 Å². The zero-order valence-electron chi connectivity index (χ0n) is 9.07. The van der Waals surface area contributed by atoms with Crippen LogP contribution in [0, 0.1) is 0 Å². The van der Waals surface area contributed by atoms with Gasteiger partial charge in [0.05, 0.1) is 12.8 Å². The van der Waals surface area contributed by atoms with Crippen molar-refractivity contribution in [1.29, 1.82) is 0 Å². The van der Waals surface area contributed by atoms with E-state index in [2.05, 4.69) is 4.99 Å². The molecule has 1 aromatic rings. The molecule has 1 heterocycles. The van der Waals surface area contributed by atoms with Crippen LogP contribution in [0.1, 0.15) is 19.4 Å². The van der Waals surface area contributed by atoms with E-state index in [1.807, 2.05) is 38.1 Å². The maximum atomic E-state index is 11.8. The summed E-state index contributed by atoms with van der Waals surface area (Å²) in [7, 11) is 1.40. The van der Waals surface area contributed by atoms with Gasteiger partial charge in [-0.25, -0.2) is 0 Å². The minimum atomic E-state index is -0.717. The van der Waals surface area contributed by atoms with Gasteiger partial charge >= 0.3 is 5.97 Å². The van der Waals surface area contributed by atoms with Crippen LogP contribution >= 0.6 is 0 Å². The van der Waals surface area contributed by atoms with Crippen LogP contribution < -0.4 is 0 Å². The van der Waals surface area contributed by atoms with Gasteiger partial charge in [0.15, 0.2) is 0 Å². The molecule has 0 spiro atoms. The summed E-state index contributed by atoms with van der Waals surface area (Å²) in [5.41, 5.74) is 1.86. The Morgan fingerprint density at radius 2 is 2.07 bits per heavy atom.